The Labute approximate surface area is 213 Å². The van der Waals surface area contributed by atoms with Gasteiger partial charge in [-0.2, -0.15) is 13.2 Å². The fourth-order valence-corrected chi connectivity index (χ4v) is 4.42. The van der Waals surface area contributed by atoms with Crippen molar-refractivity contribution >= 4 is 17.9 Å². The number of hydrogen-bond acceptors (Lipinski definition) is 3. The van der Waals surface area contributed by atoms with Crippen LogP contribution in [-0.2, 0) is 28.7 Å². The number of rotatable bonds is 7. The molecule has 1 saturated heterocycles. The van der Waals surface area contributed by atoms with Gasteiger partial charge in [-0.25, -0.2) is 0 Å². The Hall–Kier alpha value is -4.07. The molecule has 192 valence electrons. The van der Waals surface area contributed by atoms with Gasteiger partial charge in [0.1, 0.15) is 12.3 Å². The Morgan fingerprint density at radius 1 is 0.973 bits per heavy atom. The third-order valence-electron chi connectivity index (χ3n) is 6.39. The maximum Gasteiger partial charge on any atom is 0.416 e. The second-order valence-electron chi connectivity index (χ2n) is 9.01. The van der Waals surface area contributed by atoms with E-state index < -0.39 is 11.7 Å². The second-order valence-corrected chi connectivity index (χ2v) is 9.01. The summed E-state index contributed by atoms with van der Waals surface area (Å²) in [5.41, 5.74) is 1.16. The highest BCUT2D eigenvalue weighted by atomic mass is 19.4. The number of carbonyl (C=O) groups excluding carboxylic acids is 2. The van der Waals surface area contributed by atoms with Crippen LogP contribution in [0.1, 0.15) is 28.7 Å². The van der Waals surface area contributed by atoms with Crippen molar-refractivity contribution in [2.75, 3.05) is 13.1 Å². The van der Waals surface area contributed by atoms with Crippen LogP contribution >= 0.6 is 0 Å². The molecule has 0 unspecified atom stereocenters. The molecule has 1 aliphatic rings. The lowest BCUT2D eigenvalue weighted by molar-refractivity contribution is -0.147. The first-order valence-electron chi connectivity index (χ1n) is 12.0. The maximum atomic E-state index is 13.2. The lowest BCUT2D eigenvalue weighted by Gasteiger charge is -2.41. The van der Waals surface area contributed by atoms with Crippen LogP contribution < -0.4 is 0 Å². The standard InChI is InChI=1S/C29H27F3N2O3/c30-29(31,32)24-11-6-9-22(17-24)18-34-25(15-13-21-7-2-1-3-8-21)19-33(20-28(34)37)27(36)16-14-23-10-4-5-12-26(23)35/h1-12,14,16-17,25,35H,13,15,18-20H2/b16-14+/t25-/m0/s1. The lowest BCUT2D eigenvalue weighted by atomic mass is 10.00. The summed E-state index contributed by atoms with van der Waals surface area (Å²) >= 11 is 0. The van der Waals surface area contributed by atoms with Crippen LogP contribution in [0.3, 0.4) is 0 Å². The molecular formula is C29H27F3N2O3. The Bertz CT molecular complexity index is 1270. The van der Waals surface area contributed by atoms with Gasteiger partial charge in [-0.3, -0.25) is 9.59 Å². The molecular weight excluding hydrogens is 481 g/mol. The number of aryl methyl sites for hydroxylation is 1. The number of para-hydroxylation sites is 1. The van der Waals surface area contributed by atoms with Crippen molar-refractivity contribution in [2.45, 2.75) is 31.6 Å². The van der Waals surface area contributed by atoms with Gasteiger partial charge in [0, 0.05) is 24.7 Å². The number of aromatic hydroxyl groups is 1. The molecule has 1 fully saturated rings. The van der Waals surface area contributed by atoms with E-state index in [1.54, 1.807) is 29.2 Å². The highest BCUT2D eigenvalue weighted by Gasteiger charge is 2.35. The molecule has 0 bridgehead atoms. The van der Waals surface area contributed by atoms with Gasteiger partial charge >= 0.3 is 6.18 Å². The van der Waals surface area contributed by atoms with E-state index in [4.69, 9.17) is 0 Å². The molecule has 4 rings (SSSR count). The molecule has 8 heteroatoms. The summed E-state index contributed by atoms with van der Waals surface area (Å²) in [6.45, 7) is 0.101. The van der Waals surface area contributed by atoms with E-state index >= 15 is 0 Å². The molecule has 5 nitrogen and oxygen atoms in total. The molecule has 0 radical (unpaired) electrons. The second kappa shape index (κ2) is 11.3. The zero-order valence-electron chi connectivity index (χ0n) is 20.1. The Balaban J connectivity index is 1.53. The number of nitrogens with zero attached hydrogens (tertiary/aromatic N) is 2. The first-order valence-corrected chi connectivity index (χ1v) is 12.0. The Morgan fingerprint density at radius 2 is 1.68 bits per heavy atom. The molecule has 0 aliphatic carbocycles. The van der Waals surface area contributed by atoms with Gasteiger partial charge in [0.25, 0.3) is 0 Å². The number of piperazine rings is 1. The van der Waals surface area contributed by atoms with Crippen LogP contribution in [0.25, 0.3) is 6.08 Å². The van der Waals surface area contributed by atoms with Gasteiger partial charge in [0.05, 0.1) is 11.6 Å². The van der Waals surface area contributed by atoms with Crippen molar-refractivity contribution in [1.29, 1.82) is 0 Å². The summed E-state index contributed by atoms with van der Waals surface area (Å²) in [5, 5.41) is 9.93. The summed E-state index contributed by atoms with van der Waals surface area (Å²) in [7, 11) is 0. The third-order valence-corrected chi connectivity index (χ3v) is 6.39. The molecule has 0 spiro atoms. The smallest absolute Gasteiger partial charge is 0.416 e. The van der Waals surface area contributed by atoms with Gasteiger partial charge < -0.3 is 14.9 Å². The molecule has 3 aromatic rings. The molecule has 2 amide bonds. The predicted octanol–water partition coefficient (Wildman–Crippen LogP) is 5.30. The maximum absolute atomic E-state index is 13.2. The fraction of sp³-hybridized carbons (Fsp3) is 0.241. The minimum absolute atomic E-state index is 0.0258. The van der Waals surface area contributed by atoms with Gasteiger partial charge in [-0.15, -0.1) is 0 Å². The molecule has 37 heavy (non-hydrogen) atoms. The zero-order valence-corrected chi connectivity index (χ0v) is 20.1. The van der Waals surface area contributed by atoms with Crippen molar-refractivity contribution in [2.24, 2.45) is 0 Å². The van der Waals surface area contributed by atoms with Crippen LogP contribution in [-0.4, -0.2) is 45.9 Å². The monoisotopic (exact) mass is 508 g/mol. The van der Waals surface area contributed by atoms with E-state index in [1.165, 1.54) is 29.2 Å². The molecule has 3 aromatic carbocycles. The summed E-state index contributed by atoms with van der Waals surface area (Å²) < 4.78 is 39.7. The van der Waals surface area contributed by atoms with Crippen LogP contribution in [0.5, 0.6) is 5.75 Å². The average molecular weight is 509 g/mol. The number of benzene rings is 3. The van der Waals surface area contributed by atoms with Gasteiger partial charge in [0.2, 0.25) is 11.8 Å². The molecule has 0 aromatic heterocycles. The molecule has 1 heterocycles. The highest BCUT2D eigenvalue weighted by molar-refractivity contribution is 5.95. The van der Waals surface area contributed by atoms with Crippen LogP contribution in [0.15, 0.2) is 84.9 Å². The van der Waals surface area contributed by atoms with E-state index in [0.717, 1.165) is 17.7 Å². The first-order chi connectivity index (χ1) is 17.7. The number of phenols is 1. The fourth-order valence-electron chi connectivity index (χ4n) is 4.42. The van der Waals surface area contributed by atoms with Crippen molar-refractivity contribution in [3.8, 4) is 5.75 Å². The average Bonchev–Trinajstić information content (AvgIpc) is 2.88. The molecule has 0 saturated carbocycles. The van der Waals surface area contributed by atoms with E-state index in [9.17, 15) is 27.9 Å². The van der Waals surface area contributed by atoms with Crippen molar-refractivity contribution in [3.63, 3.8) is 0 Å². The van der Waals surface area contributed by atoms with Crippen LogP contribution in [0, 0.1) is 0 Å². The van der Waals surface area contributed by atoms with E-state index in [1.807, 2.05) is 30.3 Å². The molecule has 1 atom stereocenters. The summed E-state index contributed by atoms with van der Waals surface area (Å²) in [6.07, 6.45) is -0.470. The molecule has 1 N–H and O–H groups in total. The minimum atomic E-state index is -4.47. The van der Waals surface area contributed by atoms with Gasteiger partial charge in [-0.05, 0) is 48.2 Å². The quantitative estimate of drug-likeness (QED) is 0.441. The SMILES string of the molecule is O=C(/C=C/c1ccccc1O)N1CC(=O)N(Cc2cccc(C(F)(F)F)c2)[C@@H](CCc2ccccc2)C1. The number of hydrogen-bond donors (Lipinski definition) is 1. The number of halogens is 3. The minimum Gasteiger partial charge on any atom is -0.507 e. The Kier molecular flexibility index (Phi) is 7.96. The highest BCUT2D eigenvalue weighted by Crippen LogP contribution is 2.30. The summed E-state index contributed by atoms with van der Waals surface area (Å²) in [5.74, 6) is -0.666. The normalized spacial score (nSPS) is 16.4. The van der Waals surface area contributed by atoms with E-state index in [0.29, 0.717) is 24.0 Å². The number of alkyl halides is 3. The first kappa shape index (κ1) is 26.0. The van der Waals surface area contributed by atoms with Crippen LogP contribution in [0.4, 0.5) is 13.2 Å². The van der Waals surface area contributed by atoms with Gasteiger partial charge in [0.15, 0.2) is 0 Å². The summed E-state index contributed by atoms with van der Waals surface area (Å²) in [4.78, 5) is 29.1. The summed E-state index contributed by atoms with van der Waals surface area (Å²) in [6, 6.07) is 20.9. The van der Waals surface area contributed by atoms with Crippen molar-refractivity contribution in [3.05, 3.63) is 107 Å². The topological polar surface area (TPSA) is 60.9 Å². The van der Waals surface area contributed by atoms with Crippen molar-refractivity contribution < 1.29 is 27.9 Å². The van der Waals surface area contributed by atoms with Crippen molar-refractivity contribution in [1.82, 2.24) is 9.80 Å². The Morgan fingerprint density at radius 3 is 2.41 bits per heavy atom. The predicted molar refractivity (Wildman–Crippen MR) is 134 cm³/mol. The lowest BCUT2D eigenvalue weighted by Crippen LogP contribution is -2.57. The van der Waals surface area contributed by atoms with E-state index in [2.05, 4.69) is 0 Å². The number of phenolic OH excluding ortho intramolecular Hbond substituents is 1. The molecule has 1 aliphatic heterocycles. The van der Waals surface area contributed by atoms with Crippen LogP contribution in [0.2, 0.25) is 0 Å². The van der Waals surface area contributed by atoms with Gasteiger partial charge in [-0.1, -0.05) is 60.7 Å². The van der Waals surface area contributed by atoms with E-state index in [-0.39, 0.29) is 43.2 Å². The zero-order chi connectivity index (χ0) is 26.4. The third kappa shape index (κ3) is 6.78. The number of amides is 2. The number of carbonyl (C=O) groups is 2. The largest absolute Gasteiger partial charge is 0.507 e.